The summed E-state index contributed by atoms with van der Waals surface area (Å²) in [7, 11) is 0. The average Bonchev–Trinajstić information content (AvgIpc) is 2.76. The van der Waals surface area contributed by atoms with Crippen LogP contribution in [0.4, 0.5) is 5.13 Å². The highest BCUT2D eigenvalue weighted by Gasteiger charge is 2.20. The Morgan fingerprint density at radius 1 is 1.60 bits per heavy atom. The number of rotatable bonds is 4. The van der Waals surface area contributed by atoms with E-state index in [1.807, 2.05) is 0 Å². The molecule has 1 atom stereocenters. The molecule has 0 bridgehead atoms. The molecule has 1 aromatic rings. The first-order valence-electron chi connectivity index (χ1n) is 5.55. The maximum Gasteiger partial charge on any atom is 0.202 e. The first kappa shape index (κ1) is 10.8. The molecule has 15 heavy (non-hydrogen) atoms. The van der Waals surface area contributed by atoms with Crippen LogP contribution in [0.25, 0.3) is 0 Å². The Bertz CT molecular complexity index is 297. The largest absolute Gasteiger partial charge is 0.381 e. The number of aromatic nitrogens is 2. The van der Waals surface area contributed by atoms with E-state index in [4.69, 9.17) is 4.74 Å². The normalized spacial score (nSPS) is 21.5. The lowest BCUT2D eigenvalue weighted by Crippen LogP contribution is -2.16. The zero-order valence-electron chi connectivity index (χ0n) is 9.03. The third-order valence-electron chi connectivity index (χ3n) is 2.49. The van der Waals surface area contributed by atoms with Gasteiger partial charge >= 0.3 is 0 Å². The van der Waals surface area contributed by atoms with E-state index in [9.17, 15) is 0 Å². The SMILES string of the molecule is CCCNc1nc(C2CCCOC2)ns1. The van der Waals surface area contributed by atoms with Crippen molar-refractivity contribution in [3.05, 3.63) is 5.82 Å². The van der Waals surface area contributed by atoms with Gasteiger partial charge in [-0.25, -0.2) is 4.98 Å². The molecule has 1 aliphatic heterocycles. The Kier molecular flexibility index (Phi) is 3.91. The molecule has 0 saturated carbocycles. The predicted molar refractivity (Wildman–Crippen MR) is 61.5 cm³/mol. The lowest BCUT2D eigenvalue weighted by atomic mass is 10.0. The summed E-state index contributed by atoms with van der Waals surface area (Å²) < 4.78 is 9.81. The second kappa shape index (κ2) is 5.42. The minimum atomic E-state index is 0.409. The highest BCUT2D eigenvalue weighted by molar-refractivity contribution is 7.09. The van der Waals surface area contributed by atoms with Crippen LogP contribution in [0.1, 0.15) is 37.9 Å². The smallest absolute Gasteiger partial charge is 0.202 e. The van der Waals surface area contributed by atoms with Crippen molar-refractivity contribution in [1.82, 2.24) is 9.36 Å². The molecule has 1 aliphatic rings. The molecule has 4 nitrogen and oxygen atoms in total. The number of hydrogen-bond acceptors (Lipinski definition) is 5. The summed E-state index contributed by atoms with van der Waals surface area (Å²) in [5, 5.41) is 4.20. The van der Waals surface area contributed by atoms with Crippen LogP contribution in [0.5, 0.6) is 0 Å². The maximum absolute atomic E-state index is 5.43. The van der Waals surface area contributed by atoms with Gasteiger partial charge in [0.15, 0.2) is 0 Å². The second-order valence-corrected chi connectivity index (χ2v) is 4.55. The van der Waals surface area contributed by atoms with Crippen molar-refractivity contribution in [2.24, 2.45) is 0 Å². The summed E-state index contributed by atoms with van der Waals surface area (Å²) >= 11 is 1.46. The van der Waals surface area contributed by atoms with E-state index in [1.165, 1.54) is 11.5 Å². The fourth-order valence-corrected chi connectivity index (χ4v) is 2.32. The molecule has 1 N–H and O–H groups in total. The average molecular weight is 227 g/mol. The van der Waals surface area contributed by atoms with Crippen LogP contribution in [0.3, 0.4) is 0 Å². The summed E-state index contributed by atoms with van der Waals surface area (Å²) in [5.41, 5.74) is 0. The molecule has 0 amide bonds. The van der Waals surface area contributed by atoms with Gasteiger partial charge in [-0.2, -0.15) is 4.37 Å². The van der Waals surface area contributed by atoms with Crippen molar-refractivity contribution < 1.29 is 4.74 Å². The third kappa shape index (κ3) is 2.89. The number of anilines is 1. The van der Waals surface area contributed by atoms with Crippen LogP contribution in [0, 0.1) is 0 Å². The van der Waals surface area contributed by atoms with Crippen LogP contribution in [-0.4, -0.2) is 29.1 Å². The Labute approximate surface area is 94.2 Å². The molecule has 2 rings (SSSR count). The summed E-state index contributed by atoms with van der Waals surface area (Å²) in [6, 6.07) is 0. The van der Waals surface area contributed by atoms with E-state index in [1.54, 1.807) is 0 Å². The molecule has 1 saturated heterocycles. The zero-order chi connectivity index (χ0) is 10.5. The Hall–Kier alpha value is -0.680. The Morgan fingerprint density at radius 3 is 3.27 bits per heavy atom. The monoisotopic (exact) mass is 227 g/mol. The van der Waals surface area contributed by atoms with Gasteiger partial charge in [0.05, 0.1) is 6.61 Å². The standard InChI is InChI=1S/C10H17N3OS/c1-2-5-11-10-12-9(13-15-10)8-4-3-6-14-7-8/h8H,2-7H2,1H3,(H,11,12,13). The molecule has 5 heteroatoms. The maximum atomic E-state index is 5.43. The van der Waals surface area contributed by atoms with Crippen LogP contribution in [0.15, 0.2) is 0 Å². The van der Waals surface area contributed by atoms with Crippen LogP contribution >= 0.6 is 11.5 Å². The molecular weight excluding hydrogens is 210 g/mol. The van der Waals surface area contributed by atoms with Crippen molar-refractivity contribution in [3.63, 3.8) is 0 Å². The molecular formula is C10H17N3OS. The summed E-state index contributed by atoms with van der Waals surface area (Å²) in [6.45, 7) is 4.78. The Balaban J connectivity index is 1.93. The fourth-order valence-electron chi connectivity index (χ4n) is 1.65. The first-order valence-corrected chi connectivity index (χ1v) is 6.32. The first-order chi connectivity index (χ1) is 7.40. The van der Waals surface area contributed by atoms with Gasteiger partial charge in [-0.05, 0) is 19.3 Å². The molecule has 84 valence electrons. The predicted octanol–water partition coefficient (Wildman–Crippen LogP) is 2.25. The molecule has 0 aliphatic carbocycles. The molecule has 1 unspecified atom stereocenters. The van der Waals surface area contributed by atoms with Gasteiger partial charge in [0, 0.05) is 30.6 Å². The van der Waals surface area contributed by atoms with E-state index in [-0.39, 0.29) is 0 Å². The van der Waals surface area contributed by atoms with Gasteiger partial charge in [-0.1, -0.05) is 6.92 Å². The van der Waals surface area contributed by atoms with E-state index < -0.39 is 0 Å². The van der Waals surface area contributed by atoms with Crippen molar-refractivity contribution in [2.45, 2.75) is 32.1 Å². The quantitative estimate of drug-likeness (QED) is 0.857. The summed E-state index contributed by atoms with van der Waals surface area (Å²) in [5.74, 6) is 1.37. The minimum absolute atomic E-state index is 0.409. The summed E-state index contributed by atoms with van der Waals surface area (Å²) in [6.07, 6.45) is 3.40. The number of hydrogen-bond donors (Lipinski definition) is 1. The lowest BCUT2D eigenvalue weighted by molar-refractivity contribution is 0.0784. The van der Waals surface area contributed by atoms with Gasteiger partial charge in [0.25, 0.3) is 0 Å². The topological polar surface area (TPSA) is 47.0 Å². The molecule has 2 heterocycles. The van der Waals surface area contributed by atoms with Gasteiger partial charge in [-0.15, -0.1) is 0 Å². The van der Waals surface area contributed by atoms with E-state index >= 15 is 0 Å². The zero-order valence-corrected chi connectivity index (χ0v) is 9.85. The Morgan fingerprint density at radius 2 is 2.53 bits per heavy atom. The number of ether oxygens (including phenoxy) is 1. The van der Waals surface area contributed by atoms with E-state index in [0.29, 0.717) is 5.92 Å². The van der Waals surface area contributed by atoms with Gasteiger partial charge in [0.1, 0.15) is 5.82 Å². The highest BCUT2D eigenvalue weighted by Crippen LogP contribution is 2.25. The van der Waals surface area contributed by atoms with Crippen molar-refractivity contribution in [2.75, 3.05) is 25.1 Å². The molecule has 1 aromatic heterocycles. The number of nitrogens with zero attached hydrogens (tertiary/aromatic N) is 2. The molecule has 1 fully saturated rings. The third-order valence-corrected chi connectivity index (χ3v) is 3.18. The van der Waals surface area contributed by atoms with Crippen LogP contribution in [-0.2, 0) is 4.74 Å². The van der Waals surface area contributed by atoms with E-state index in [0.717, 1.165) is 50.0 Å². The van der Waals surface area contributed by atoms with Gasteiger partial charge in [-0.3, -0.25) is 0 Å². The molecule has 0 aromatic carbocycles. The van der Waals surface area contributed by atoms with Crippen LogP contribution in [0.2, 0.25) is 0 Å². The molecule has 0 spiro atoms. The van der Waals surface area contributed by atoms with Crippen molar-refractivity contribution >= 4 is 16.7 Å². The van der Waals surface area contributed by atoms with Gasteiger partial charge in [0.2, 0.25) is 5.13 Å². The van der Waals surface area contributed by atoms with Crippen molar-refractivity contribution in [1.29, 1.82) is 0 Å². The fraction of sp³-hybridized carbons (Fsp3) is 0.800. The minimum Gasteiger partial charge on any atom is -0.381 e. The van der Waals surface area contributed by atoms with Crippen molar-refractivity contribution in [3.8, 4) is 0 Å². The highest BCUT2D eigenvalue weighted by atomic mass is 32.1. The molecule has 0 radical (unpaired) electrons. The van der Waals surface area contributed by atoms with E-state index in [2.05, 4.69) is 21.6 Å². The lowest BCUT2D eigenvalue weighted by Gasteiger charge is -2.18. The summed E-state index contributed by atoms with van der Waals surface area (Å²) in [4.78, 5) is 4.49. The second-order valence-electron chi connectivity index (χ2n) is 3.80. The van der Waals surface area contributed by atoms with Crippen LogP contribution < -0.4 is 5.32 Å². The van der Waals surface area contributed by atoms with Gasteiger partial charge < -0.3 is 10.1 Å². The number of nitrogens with one attached hydrogen (secondary N) is 1.